The summed E-state index contributed by atoms with van der Waals surface area (Å²) in [5, 5.41) is 5.40. The summed E-state index contributed by atoms with van der Waals surface area (Å²) >= 11 is 0. The van der Waals surface area contributed by atoms with Crippen LogP contribution in [-0.2, 0) is 22.4 Å². The van der Waals surface area contributed by atoms with Gasteiger partial charge in [-0.15, -0.1) is 0 Å². The van der Waals surface area contributed by atoms with Crippen molar-refractivity contribution in [3.05, 3.63) is 29.5 Å². The topological polar surface area (TPSA) is 106 Å². The van der Waals surface area contributed by atoms with E-state index in [1.807, 2.05) is 25.2 Å². The molecule has 166 valence electrons. The van der Waals surface area contributed by atoms with Gasteiger partial charge in [0.05, 0.1) is 25.6 Å². The molecule has 9 heteroatoms. The number of anilines is 3. The molecule has 3 rings (SSSR count). The van der Waals surface area contributed by atoms with E-state index in [-0.39, 0.29) is 17.8 Å². The van der Waals surface area contributed by atoms with E-state index in [0.717, 1.165) is 54.3 Å². The number of hydrogen-bond donors (Lipinski definition) is 2. The van der Waals surface area contributed by atoms with Crippen molar-refractivity contribution in [2.75, 3.05) is 43.3 Å². The molecule has 1 atom stereocenters. The molecule has 1 aromatic heterocycles. The Hall–Kier alpha value is -3.36. The second kappa shape index (κ2) is 9.63. The second-order valence-electron chi connectivity index (χ2n) is 7.71. The van der Waals surface area contributed by atoms with Crippen LogP contribution in [0.15, 0.2) is 18.2 Å². The minimum atomic E-state index is -0.253. The monoisotopic (exact) mass is 427 g/mol. The standard InChI is InChI=1S/C22H29N5O4/c1-13(28)23-21-17-10-15(6-8-18(17)25-22(26-21)24-14(2)29)12-27(3)19-11-16(30-4)7-9-20(19)31-5/h7,9,11,15H,6,8,10,12H2,1-5H3,(H2,23,24,25,26,28,29). The Kier molecular flexibility index (Phi) is 6.94. The van der Waals surface area contributed by atoms with E-state index in [2.05, 4.69) is 25.5 Å². The maximum atomic E-state index is 11.7. The number of aromatic nitrogens is 2. The molecule has 1 unspecified atom stereocenters. The number of carbonyl (C=O) groups is 2. The number of aryl methyl sites for hydroxylation is 1. The lowest BCUT2D eigenvalue weighted by atomic mass is 9.86. The van der Waals surface area contributed by atoms with E-state index < -0.39 is 0 Å². The Morgan fingerprint density at radius 2 is 1.87 bits per heavy atom. The molecule has 0 radical (unpaired) electrons. The summed E-state index contributed by atoms with van der Waals surface area (Å²) in [6, 6.07) is 5.73. The average Bonchev–Trinajstić information content (AvgIpc) is 2.72. The van der Waals surface area contributed by atoms with Crippen molar-refractivity contribution in [1.82, 2.24) is 9.97 Å². The highest BCUT2D eigenvalue weighted by Gasteiger charge is 2.26. The minimum Gasteiger partial charge on any atom is -0.497 e. The Morgan fingerprint density at radius 3 is 2.52 bits per heavy atom. The van der Waals surface area contributed by atoms with Gasteiger partial charge in [0.1, 0.15) is 17.3 Å². The zero-order valence-corrected chi connectivity index (χ0v) is 18.6. The van der Waals surface area contributed by atoms with Crippen LogP contribution < -0.4 is 25.0 Å². The van der Waals surface area contributed by atoms with E-state index in [4.69, 9.17) is 9.47 Å². The SMILES string of the molecule is COc1ccc(OC)c(N(C)CC2CCc3nc(NC(C)=O)nc(NC(C)=O)c3C2)c1. The Morgan fingerprint density at radius 1 is 1.13 bits per heavy atom. The number of nitrogens with zero attached hydrogens (tertiary/aromatic N) is 3. The van der Waals surface area contributed by atoms with Gasteiger partial charge in [0.2, 0.25) is 17.8 Å². The Bertz CT molecular complexity index is 979. The maximum Gasteiger partial charge on any atom is 0.231 e. The third kappa shape index (κ3) is 5.42. The number of methoxy groups -OCH3 is 2. The highest BCUT2D eigenvalue weighted by Crippen LogP contribution is 2.35. The van der Waals surface area contributed by atoms with Gasteiger partial charge in [-0.05, 0) is 37.3 Å². The van der Waals surface area contributed by atoms with Crippen LogP contribution in [0.5, 0.6) is 11.5 Å². The van der Waals surface area contributed by atoms with E-state index in [0.29, 0.717) is 11.7 Å². The maximum absolute atomic E-state index is 11.7. The number of amides is 2. The summed E-state index contributed by atoms with van der Waals surface area (Å²) in [6.07, 6.45) is 2.40. The molecule has 1 aromatic carbocycles. The average molecular weight is 428 g/mol. The number of fused-ring (bicyclic) bond motifs is 1. The lowest BCUT2D eigenvalue weighted by molar-refractivity contribution is -0.115. The molecule has 9 nitrogen and oxygen atoms in total. The normalized spacial score (nSPS) is 14.9. The summed E-state index contributed by atoms with van der Waals surface area (Å²) in [6.45, 7) is 3.63. The molecule has 0 fully saturated rings. The summed E-state index contributed by atoms with van der Waals surface area (Å²) in [5.41, 5.74) is 2.74. The van der Waals surface area contributed by atoms with Gasteiger partial charge < -0.3 is 19.7 Å². The molecule has 31 heavy (non-hydrogen) atoms. The second-order valence-corrected chi connectivity index (χ2v) is 7.71. The smallest absolute Gasteiger partial charge is 0.231 e. The number of rotatable bonds is 7. The number of nitrogens with one attached hydrogen (secondary N) is 2. The number of carbonyl (C=O) groups excluding carboxylic acids is 2. The zero-order chi connectivity index (χ0) is 22.5. The summed E-state index contributed by atoms with van der Waals surface area (Å²) < 4.78 is 10.9. The van der Waals surface area contributed by atoms with Crippen molar-refractivity contribution >= 4 is 29.3 Å². The molecule has 2 N–H and O–H groups in total. The van der Waals surface area contributed by atoms with Crippen LogP contribution in [-0.4, -0.2) is 49.6 Å². The lowest BCUT2D eigenvalue weighted by Crippen LogP contribution is -2.31. The van der Waals surface area contributed by atoms with Crippen molar-refractivity contribution in [3.8, 4) is 11.5 Å². The fourth-order valence-corrected chi connectivity index (χ4v) is 3.90. The van der Waals surface area contributed by atoms with Gasteiger partial charge in [0.25, 0.3) is 0 Å². The van der Waals surface area contributed by atoms with Crippen LogP contribution in [0.25, 0.3) is 0 Å². The zero-order valence-electron chi connectivity index (χ0n) is 18.6. The first kappa shape index (κ1) is 22.3. The molecule has 2 amide bonds. The van der Waals surface area contributed by atoms with E-state index in [1.54, 1.807) is 14.2 Å². The summed E-state index contributed by atoms with van der Waals surface area (Å²) in [4.78, 5) is 34.1. The molecule has 0 saturated heterocycles. The molecule has 0 saturated carbocycles. The molecular weight excluding hydrogens is 398 g/mol. The third-order valence-electron chi connectivity index (χ3n) is 5.29. The molecule has 0 spiro atoms. The predicted octanol–water partition coefficient (Wildman–Crippen LogP) is 2.65. The summed E-state index contributed by atoms with van der Waals surface area (Å²) in [7, 11) is 5.32. The fourth-order valence-electron chi connectivity index (χ4n) is 3.90. The first-order valence-corrected chi connectivity index (χ1v) is 10.2. The minimum absolute atomic E-state index is 0.213. The van der Waals surface area contributed by atoms with E-state index in [1.165, 1.54) is 13.8 Å². The Labute approximate surface area is 182 Å². The van der Waals surface area contributed by atoms with E-state index in [9.17, 15) is 9.59 Å². The van der Waals surface area contributed by atoms with E-state index >= 15 is 0 Å². The lowest BCUT2D eigenvalue weighted by Gasteiger charge is -2.31. The van der Waals surface area contributed by atoms with Gasteiger partial charge in [0.15, 0.2) is 0 Å². The van der Waals surface area contributed by atoms with Crippen LogP contribution in [0.1, 0.15) is 31.5 Å². The van der Waals surface area contributed by atoms with Crippen molar-refractivity contribution in [2.45, 2.75) is 33.1 Å². The highest BCUT2D eigenvalue weighted by atomic mass is 16.5. The van der Waals surface area contributed by atoms with Crippen molar-refractivity contribution in [3.63, 3.8) is 0 Å². The van der Waals surface area contributed by atoms with Crippen LogP contribution in [0, 0.1) is 5.92 Å². The number of benzene rings is 1. The van der Waals surface area contributed by atoms with Crippen molar-refractivity contribution in [1.29, 1.82) is 0 Å². The molecule has 0 aliphatic heterocycles. The molecule has 0 bridgehead atoms. The quantitative estimate of drug-likeness (QED) is 0.700. The van der Waals surface area contributed by atoms with Gasteiger partial charge in [-0.25, -0.2) is 4.98 Å². The van der Waals surface area contributed by atoms with Crippen molar-refractivity contribution in [2.24, 2.45) is 5.92 Å². The van der Waals surface area contributed by atoms with Crippen molar-refractivity contribution < 1.29 is 19.1 Å². The van der Waals surface area contributed by atoms with Crippen LogP contribution >= 0.6 is 0 Å². The molecule has 1 heterocycles. The third-order valence-corrected chi connectivity index (χ3v) is 5.29. The number of ether oxygens (including phenoxy) is 2. The molecular formula is C22H29N5O4. The molecule has 1 aliphatic rings. The molecule has 1 aliphatic carbocycles. The van der Waals surface area contributed by atoms with Gasteiger partial charge in [-0.1, -0.05) is 0 Å². The largest absolute Gasteiger partial charge is 0.497 e. The number of hydrogen-bond acceptors (Lipinski definition) is 7. The van der Waals surface area contributed by atoms with Gasteiger partial charge in [0, 0.05) is 39.1 Å². The highest BCUT2D eigenvalue weighted by molar-refractivity contribution is 5.90. The van der Waals surface area contributed by atoms with Crippen LogP contribution in [0.4, 0.5) is 17.5 Å². The van der Waals surface area contributed by atoms with Gasteiger partial charge in [-0.2, -0.15) is 4.98 Å². The van der Waals surface area contributed by atoms with Crippen LogP contribution in [0.3, 0.4) is 0 Å². The summed E-state index contributed by atoms with van der Waals surface area (Å²) in [5.74, 6) is 2.09. The van der Waals surface area contributed by atoms with Gasteiger partial charge >= 0.3 is 0 Å². The molecule has 2 aromatic rings. The van der Waals surface area contributed by atoms with Crippen LogP contribution in [0.2, 0.25) is 0 Å². The fraction of sp³-hybridized carbons (Fsp3) is 0.455. The van der Waals surface area contributed by atoms with Gasteiger partial charge in [-0.3, -0.25) is 14.9 Å². The first-order chi connectivity index (χ1) is 14.8. The first-order valence-electron chi connectivity index (χ1n) is 10.2. The predicted molar refractivity (Wildman–Crippen MR) is 119 cm³/mol. The Balaban J connectivity index is 1.83.